The number of allylic oxidation sites excluding steroid dienone is 1. The smallest absolute Gasteiger partial charge is 0.125 e. The molecular formula is C24H24N2O2. The number of anilines is 1. The van der Waals surface area contributed by atoms with Crippen LogP contribution in [0.25, 0.3) is 0 Å². The highest BCUT2D eigenvalue weighted by Gasteiger charge is 2.07. The Labute approximate surface area is 166 Å². The molecule has 0 saturated heterocycles. The van der Waals surface area contributed by atoms with Gasteiger partial charge in [0.2, 0.25) is 0 Å². The minimum atomic E-state index is 0.408. The van der Waals surface area contributed by atoms with Gasteiger partial charge in [-0.25, -0.2) is 0 Å². The lowest BCUT2D eigenvalue weighted by atomic mass is 10.1. The van der Waals surface area contributed by atoms with Crippen molar-refractivity contribution in [1.29, 1.82) is 0 Å². The van der Waals surface area contributed by atoms with Gasteiger partial charge in [0.25, 0.3) is 0 Å². The zero-order valence-corrected chi connectivity index (χ0v) is 16.0. The van der Waals surface area contributed by atoms with E-state index in [9.17, 15) is 0 Å². The molecule has 142 valence electrons. The summed E-state index contributed by atoms with van der Waals surface area (Å²) in [5.41, 5.74) is 6.99. The van der Waals surface area contributed by atoms with E-state index in [-0.39, 0.29) is 0 Å². The molecule has 1 N–H and O–H groups in total. The van der Waals surface area contributed by atoms with Crippen LogP contribution in [0, 0.1) is 0 Å². The summed E-state index contributed by atoms with van der Waals surface area (Å²) < 4.78 is 11.5. The van der Waals surface area contributed by atoms with Crippen LogP contribution in [0.1, 0.15) is 16.7 Å². The summed E-state index contributed by atoms with van der Waals surface area (Å²) in [6.07, 6.45) is 4.42. The Morgan fingerprint density at radius 1 is 0.929 bits per heavy atom. The molecule has 0 radical (unpaired) electrons. The molecule has 0 atom stereocenters. The molecule has 0 bridgehead atoms. The first-order chi connectivity index (χ1) is 13.8. The van der Waals surface area contributed by atoms with Crippen LogP contribution in [0.3, 0.4) is 0 Å². The molecule has 0 amide bonds. The van der Waals surface area contributed by atoms with Crippen molar-refractivity contribution >= 4 is 11.9 Å². The number of para-hydroxylation sites is 2. The SMILES string of the molecule is C=CCc1ccccc1OCc1cc(C=NNc2ccccc2)ccc1OC. The monoisotopic (exact) mass is 372 g/mol. The molecule has 3 aromatic carbocycles. The van der Waals surface area contributed by atoms with Crippen LogP contribution in [-0.4, -0.2) is 13.3 Å². The van der Waals surface area contributed by atoms with Crippen LogP contribution in [-0.2, 0) is 13.0 Å². The van der Waals surface area contributed by atoms with Gasteiger partial charge in [-0.05, 0) is 53.9 Å². The third-order valence-corrected chi connectivity index (χ3v) is 4.21. The Morgan fingerprint density at radius 3 is 2.50 bits per heavy atom. The van der Waals surface area contributed by atoms with Crippen molar-refractivity contribution in [2.45, 2.75) is 13.0 Å². The van der Waals surface area contributed by atoms with Crippen LogP contribution < -0.4 is 14.9 Å². The summed E-state index contributed by atoms with van der Waals surface area (Å²) in [4.78, 5) is 0. The normalized spacial score (nSPS) is 10.6. The minimum Gasteiger partial charge on any atom is -0.496 e. The number of rotatable bonds is 9. The van der Waals surface area contributed by atoms with Crippen molar-refractivity contribution in [3.05, 3.63) is 102 Å². The van der Waals surface area contributed by atoms with E-state index in [4.69, 9.17) is 9.47 Å². The van der Waals surface area contributed by atoms with Gasteiger partial charge in [-0.15, -0.1) is 6.58 Å². The van der Waals surface area contributed by atoms with Gasteiger partial charge in [0.1, 0.15) is 18.1 Å². The molecule has 0 aliphatic rings. The standard InChI is InChI=1S/C24H24N2O2/c1-3-9-20-10-7-8-13-24(20)28-18-21-16-19(14-15-23(21)27-2)17-25-26-22-11-5-4-6-12-22/h3-8,10-17,26H,1,9,18H2,2H3. The second kappa shape index (κ2) is 9.97. The summed E-state index contributed by atoms with van der Waals surface area (Å²) in [5.74, 6) is 1.64. The first-order valence-corrected chi connectivity index (χ1v) is 9.13. The predicted molar refractivity (Wildman–Crippen MR) is 115 cm³/mol. The fourth-order valence-corrected chi connectivity index (χ4v) is 2.81. The van der Waals surface area contributed by atoms with Crippen LogP contribution in [0.2, 0.25) is 0 Å². The molecule has 28 heavy (non-hydrogen) atoms. The van der Waals surface area contributed by atoms with Crippen LogP contribution in [0.15, 0.2) is 90.6 Å². The van der Waals surface area contributed by atoms with Crippen molar-refractivity contribution in [3.8, 4) is 11.5 Å². The number of benzene rings is 3. The third-order valence-electron chi connectivity index (χ3n) is 4.21. The van der Waals surface area contributed by atoms with Crippen molar-refractivity contribution in [2.75, 3.05) is 12.5 Å². The molecule has 0 aromatic heterocycles. The van der Waals surface area contributed by atoms with Gasteiger partial charge in [-0.2, -0.15) is 5.10 Å². The molecule has 0 fully saturated rings. The summed E-state index contributed by atoms with van der Waals surface area (Å²) >= 11 is 0. The predicted octanol–water partition coefficient (Wildman–Crippen LogP) is 5.45. The lowest BCUT2D eigenvalue weighted by Gasteiger charge is -2.13. The van der Waals surface area contributed by atoms with Gasteiger partial charge < -0.3 is 9.47 Å². The Balaban J connectivity index is 1.71. The van der Waals surface area contributed by atoms with Gasteiger partial charge in [-0.1, -0.05) is 42.5 Å². The van der Waals surface area contributed by atoms with Gasteiger partial charge in [0.15, 0.2) is 0 Å². The quantitative estimate of drug-likeness (QED) is 0.309. The lowest BCUT2D eigenvalue weighted by molar-refractivity contribution is 0.294. The Bertz CT molecular complexity index is 936. The lowest BCUT2D eigenvalue weighted by Crippen LogP contribution is -2.02. The van der Waals surface area contributed by atoms with E-state index in [1.165, 1.54) is 0 Å². The molecule has 0 aliphatic heterocycles. The molecule has 0 heterocycles. The molecule has 3 rings (SSSR count). The number of hydrogen-bond donors (Lipinski definition) is 1. The van der Waals surface area contributed by atoms with Gasteiger partial charge in [0.05, 0.1) is 19.0 Å². The van der Waals surface area contributed by atoms with Crippen molar-refractivity contribution in [1.82, 2.24) is 0 Å². The number of nitrogens with zero attached hydrogens (tertiary/aromatic N) is 1. The van der Waals surface area contributed by atoms with E-state index in [2.05, 4.69) is 17.1 Å². The zero-order valence-electron chi connectivity index (χ0n) is 16.0. The first-order valence-electron chi connectivity index (χ1n) is 9.13. The second-order valence-electron chi connectivity index (χ2n) is 6.20. The number of nitrogens with one attached hydrogen (secondary N) is 1. The maximum absolute atomic E-state index is 6.06. The molecular weight excluding hydrogens is 348 g/mol. The van der Waals surface area contributed by atoms with Crippen molar-refractivity contribution in [2.24, 2.45) is 5.10 Å². The fraction of sp³-hybridized carbons (Fsp3) is 0.125. The first kappa shape index (κ1) is 19.2. The summed E-state index contributed by atoms with van der Waals surface area (Å²) in [6.45, 7) is 4.22. The highest BCUT2D eigenvalue weighted by Crippen LogP contribution is 2.24. The van der Waals surface area contributed by atoms with Crippen LogP contribution in [0.4, 0.5) is 5.69 Å². The van der Waals surface area contributed by atoms with E-state index in [0.717, 1.165) is 40.3 Å². The van der Waals surface area contributed by atoms with E-state index in [1.54, 1.807) is 13.3 Å². The van der Waals surface area contributed by atoms with Gasteiger partial charge in [-0.3, -0.25) is 5.43 Å². The number of hydrazone groups is 1. The van der Waals surface area contributed by atoms with Crippen molar-refractivity contribution < 1.29 is 9.47 Å². The van der Waals surface area contributed by atoms with Crippen LogP contribution in [0.5, 0.6) is 11.5 Å². The second-order valence-corrected chi connectivity index (χ2v) is 6.20. The Hall–Kier alpha value is -3.53. The van der Waals surface area contributed by atoms with E-state index < -0.39 is 0 Å². The molecule has 0 saturated carbocycles. The van der Waals surface area contributed by atoms with Crippen molar-refractivity contribution in [3.63, 3.8) is 0 Å². The Kier molecular flexibility index (Phi) is 6.85. The zero-order chi connectivity index (χ0) is 19.6. The average molecular weight is 372 g/mol. The average Bonchev–Trinajstić information content (AvgIpc) is 2.74. The molecule has 0 unspecified atom stereocenters. The number of ether oxygens (including phenoxy) is 2. The number of methoxy groups -OCH3 is 1. The Morgan fingerprint density at radius 2 is 1.71 bits per heavy atom. The maximum Gasteiger partial charge on any atom is 0.125 e. The topological polar surface area (TPSA) is 42.8 Å². The molecule has 4 heteroatoms. The maximum atomic E-state index is 6.06. The molecule has 3 aromatic rings. The van der Waals surface area contributed by atoms with E-state index in [0.29, 0.717) is 6.61 Å². The fourth-order valence-electron chi connectivity index (χ4n) is 2.81. The largest absolute Gasteiger partial charge is 0.496 e. The molecule has 4 nitrogen and oxygen atoms in total. The van der Waals surface area contributed by atoms with Gasteiger partial charge >= 0.3 is 0 Å². The number of hydrogen-bond acceptors (Lipinski definition) is 4. The minimum absolute atomic E-state index is 0.408. The summed E-state index contributed by atoms with van der Waals surface area (Å²) in [6, 6.07) is 23.7. The molecule has 0 aliphatic carbocycles. The molecule has 0 spiro atoms. The summed E-state index contributed by atoms with van der Waals surface area (Å²) in [5, 5.41) is 4.30. The van der Waals surface area contributed by atoms with Crippen LogP contribution >= 0.6 is 0 Å². The van der Waals surface area contributed by atoms with Gasteiger partial charge in [0, 0.05) is 5.56 Å². The van der Waals surface area contributed by atoms with E-state index >= 15 is 0 Å². The van der Waals surface area contributed by atoms with E-state index in [1.807, 2.05) is 78.9 Å². The summed E-state index contributed by atoms with van der Waals surface area (Å²) in [7, 11) is 1.66. The highest BCUT2D eigenvalue weighted by molar-refractivity contribution is 5.81. The highest BCUT2D eigenvalue weighted by atomic mass is 16.5. The third kappa shape index (κ3) is 5.24.